The standard InChI is InChI=1S/C18H18FN7S/c1-3-15-22-23-17-16(20-6-7-26(15)17)25-9-12(10-25)24(2)18-21-13-5-4-11(19)8-14(13)27-18/h4-8,12H,3,9-10H2,1-2H3. The summed E-state index contributed by atoms with van der Waals surface area (Å²) < 4.78 is 16.3. The fourth-order valence-electron chi connectivity index (χ4n) is 3.39. The third-order valence-electron chi connectivity index (χ3n) is 5.05. The van der Waals surface area contributed by atoms with Gasteiger partial charge in [0.1, 0.15) is 11.6 Å². The molecule has 0 amide bonds. The number of thiazole rings is 1. The fourth-order valence-corrected chi connectivity index (χ4v) is 4.42. The van der Waals surface area contributed by atoms with E-state index in [-0.39, 0.29) is 5.82 Å². The van der Waals surface area contributed by atoms with E-state index in [1.165, 1.54) is 17.4 Å². The van der Waals surface area contributed by atoms with Gasteiger partial charge in [-0.15, -0.1) is 10.2 Å². The van der Waals surface area contributed by atoms with Crippen LogP contribution in [0.25, 0.3) is 15.9 Å². The zero-order chi connectivity index (χ0) is 18.5. The maximum Gasteiger partial charge on any atom is 0.203 e. The van der Waals surface area contributed by atoms with Crippen molar-refractivity contribution in [2.24, 2.45) is 0 Å². The van der Waals surface area contributed by atoms with Crippen molar-refractivity contribution in [3.8, 4) is 0 Å². The summed E-state index contributed by atoms with van der Waals surface area (Å²) >= 11 is 1.52. The van der Waals surface area contributed by atoms with Gasteiger partial charge in [0.15, 0.2) is 10.9 Å². The minimum absolute atomic E-state index is 0.228. The molecule has 4 aromatic rings. The summed E-state index contributed by atoms with van der Waals surface area (Å²) in [6, 6.07) is 5.05. The van der Waals surface area contributed by atoms with Gasteiger partial charge in [-0.3, -0.25) is 4.40 Å². The van der Waals surface area contributed by atoms with Crippen LogP contribution in [0.2, 0.25) is 0 Å². The number of fused-ring (bicyclic) bond motifs is 2. The number of likely N-dealkylation sites (N-methyl/N-ethyl adjacent to an activating group) is 1. The monoisotopic (exact) mass is 383 g/mol. The van der Waals surface area contributed by atoms with Crippen LogP contribution in [0.4, 0.5) is 15.3 Å². The van der Waals surface area contributed by atoms with Gasteiger partial charge in [0.25, 0.3) is 0 Å². The highest BCUT2D eigenvalue weighted by Crippen LogP contribution is 2.32. The lowest BCUT2D eigenvalue weighted by Crippen LogP contribution is -2.59. The second-order valence-corrected chi connectivity index (χ2v) is 7.70. The molecule has 1 saturated heterocycles. The van der Waals surface area contributed by atoms with Gasteiger partial charge in [-0.1, -0.05) is 18.3 Å². The SMILES string of the molecule is CCc1nnc2c(N3CC(N(C)c4nc5ccc(F)cc5s4)C3)nccn12. The molecule has 0 aliphatic carbocycles. The smallest absolute Gasteiger partial charge is 0.203 e. The summed E-state index contributed by atoms with van der Waals surface area (Å²) in [6.45, 7) is 3.73. The fraction of sp³-hybridized carbons (Fsp3) is 0.333. The van der Waals surface area contributed by atoms with E-state index in [0.717, 1.165) is 52.1 Å². The van der Waals surface area contributed by atoms with Crippen LogP contribution in [0.1, 0.15) is 12.7 Å². The average molecular weight is 383 g/mol. The van der Waals surface area contributed by atoms with Gasteiger partial charge in [0, 0.05) is 39.0 Å². The molecule has 0 unspecified atom stereocenters. The first-order chi connectivity index (χ1) is 13.1. The van der Waals surface area contributed by atoms with Crippen molar-refractivity contribution < 1.29 is 4.39 Å². The topological polar surface area (TPSA) is 62.5 Å². The Labute approximate surface area is 159 Å². The summed E-state index contributed by atoms with van der Waals surface area (Å²) in [7, 11) is 2.04. The molecule has 0 atom stereocenters. The van der Waals surface area contributed by atoms with Crippen LogP contribution >= 0.6 is 11.3 Å². The maximum absolute atomic E-state index is 13.4. The summed E-state index contributed by atoms with van der Waals surface area (Å²) in [5, 5.41) is 9.46. The molecule has 1 fully saturated rings. The molecule has 1 aromatic carbocycles. The van der Waals surface area contributed by atoms with Crippen molar-refractivity contribution in [1.82, 2.24) is 24.6 Å². The molecule has 1 aliphatic rings. The molecule has 9 heteroatoms. The predicted octanol–water partition coefficient (Wildman–Crippen LogP) is 2.76. The van der Waals surface area contributed by atoms with Gasteiger partial charge in [-0.05, 0) is 18.2 Å². The molecule has 5 rings (SSSR count). The molecule has 0 N–H and O–H groups in total. The van der Waals surface area contributed by atoms with Crippen molar-refractivity contribution in [3.05, 3.63) is 42.2 Å². The Balaban J connectivity index is 1.36. The first kappa shape index (κ1) is 16.4. The number of benzene rings is 1. The number of rotatable bonds is 4. The second kappa shape index (κ2) is 6.12. The minimum atomic E-state index is -0.228. The Morgan fingerprint density at radius 2 is 2.15 bits per heavy atom. The van der Waals surface area contributed by atoms with E-state index in [2.05, 4.69) is 36.9 Å². The molecular formula is C18H18FN7S. The van der Waals surface area contributed by atoms with Gasteiger partial charge in [-0.25, -0.2) is 14.4 Å². The number of hydrogen-bond donors (Lipinski definition) is 0. The van der Waals surface area contributed by atoms with Crippen molar-refractivity contribution in [2.75, 3.05) is 29.9 Å². The second-order valence-electron chi connectivity index (χ2n) is 6.69. The van der Waals surface area contributed by atoms with Gasteiger partial charge < -0.3 is 9.80 Å². The molecule has 7 nitrogen and oxygen atoms in total. The van der Waals surface area contributed by atoms with E-state index >= 15 is 0 Å². The first-order valence-corrected chi connectivity index (χ1v) is 9.68. The van der Waals surface area contributed by atoms with Crippen LogP contribution in [0.3, 0.4) is 0 Å². The molecule has 1 aliphatic heterocycles. The zero-order valence-electron chi connectivity index (χ0n) is 15.0. The molecule has 138 valence electrons. The Morgan fingerprint density at radius 3 is 2.96 bits per heavy atom. The normalized spacial score (nSPS) is 14.9. The largest absolute Gasteiger partial charge is 0.349 e. The van der Waals surface area contributed by atoms with E-state index < -0.39 is 0 Å². The lowest BCUT2D eigenvalue weighted by molar-refractivity contribution is 0.492. The van der Waals surface area contributed by atoms with Crippen LogP contribution in [0.5, 0.6) is 0 Å². The Kier molecular flexibility index (Phi) is 3.71. The molecule has 0 saturated carbocycles. The predicted molar refractivity (Wildman–Crippen MR) is 104 cm³/mol. The van der Waals surface area contributed by atoms with E-state index in [1.54, 1.807) is 18.3 Å². The van der Waals surface area contributed by atoms with Gasteiger partial charge in [-0.2, -0.15) is 0 Å². The highest BCUT2D eigenvalue weighted by molar-refractivity contribution is 7.22. The van der Waals surface area contributed by atoms with Crippen molar-refractivity contribution >= 4 is 38.2 Å². The summed E-state index contributed by atoms with van der Waals surface area (Å²) in [4.78, 5) is 13.5. The Hall–Kier alpha value is -2.81. The van der Waals surface area contributed by atoms with E-state index in [1.807, 2.05) is 17.6 Å². The number of aryl methyl sites for hydroxylation is 1. The molecular weight excluding hydrogens is 365 g/mol. The minimum Gasteiger partial charge on any atom is -0.349 e. The Morgan fingerprint density at radius 1 is 1.30 bits per heavy atom. The van der Waals surface area contributed by atoms with Crippen LogP contribution in [-0.2, 0) is 6.42 Å². The molecule has 4 heterocycles. The number of aromatic nitrogens is 5. The summed E-state index contributed by atoms with van der Waals surface area (Å²) in [5.74, 6) is 1.57. The summed E-state index contributed by atoms with van der Waals surface area (Å²) in [6.07, 6.45) is 4.53. The lowest BCUT2D eigenvalue weighted by atomic mass is 10.1. The van der Waals surface area contributed by atoms with Gasteiger partial charge in [0.05, 0.1) is 16.3 Å². The lowest BCUT2D eigenvalue weighted by Gasteiger charge is -2.44. The van der Waals surface area contributed by atoms with Crippen molar-refractivity contribution in [1.29, 1.82) is 0 Å². The summed E-state index contributed by atoms with van der Waals surface area (Å²) in [5.41, 5.74) is 1.63. The van der Waals surface area contributed by atoms with Gasteiger partial charge in [0.2, 0.25) is 5.65 Å². The Bertz CT molecular complexity index is 1130. The zero-order valence-corrected chi connectivity index (χ0v) is 15.8. The van der Waals surface area contributed by atoms with Crippen LogP contribution in [0.15, 0.2) is 30.6 Å². The van der Waals surface area contributed by atoms with E-state index in [9.17, 15) is 4.39 Å². The van der Waals surface area contributed by atoms with Gasteiger partial charge >= 0.3 is 0 Å². The third-order valence-corrected chi connectivity index (χ3v) is 6.15. The van der Waals surface area contributed by atoms with Crippen LogP contribution < -0.4 is 9.80 Å². The first-order valence-electron chi connectivity index (χ1n) is 8.86. The highest BCUT2D eigenvalue weighted by atomic mass is 32.1. The van der Waals surface area contributed by atoms with E-state index in [0.29, 0.717) is 6.04 Å². The third kappa shape index (κ3) is 2.61. The van der Waals surface area contributed by atoms with Crippen molar-refractivity contribution in [3.63, 3.8) is 0 Å². The average Bonchev–Trinajstić information content (AvgIpc) is 3.24. The number of nitrogens with zero attached hydrogens (tertiary/aromatic N) is 7. The number of anilines is 2. The number of hydrogen-bond acceptors (Lipinski definition) is 7. The highest BCUT2D eigenvalue weighted by Gasteiger charge is 2.34. The van der Waals surface area contributed by atoms with Crippen molar-refractivity contribution in [2.45, 2.75) is 19.4 Å². The molecule has 0 radical (unpaired) electrons. The van der Waals surface area contributed by atoms with Crippen LogP contribution in [-0.4, -0.2) is 50.7 Å². The number of halogens is 1. The molecule has 0 bridgehead atoms. The van der Waals surface area contributed by atoms with Crippen LogP contribution in [0, 0.1) is 5.82 Å². The van der Waals surface area contributed by atoms with E-state index in [4.69, 9.17) is 0 Å². The maximum atomic E-state index is 13.4. The molecule has 27 heavy (non-hydrogen) atoms. The molecule has 3 aromatic heterocycles. The quantitative estimate of drug-likeness (QED) is 0.540. The molecule has 0 spiro atoms.